The van der Waals surface area contributed by atoms with E-state index in [1.807, 2.05) is 91.0 Å². The van der Waals surface area contributed by atoms with Crippen molar-refractivity contribution in [3.63, 3.8) is 0 Å². The Hall–Kier alpha value is -4.58. The second-order valence-corrected chi connectivity index (χ2v) is 13.8. The van der Waals surface area contributed by atoms with Crippen molar-refractivity contribution in [1.82, 2.24) is 5.32 Å². The van der Waals surface area contributed by atoms with E-state index in [1.165, 1.54) is 0 Å². The van der Waals surface area contributed by atoms with Gasteiger partial charge in [0.2, 0.25) is 0 Å². The van der Waals surface area contributed by atoms with Gasteiger partial charge < -0.3 is 33.7 Å². The van der Waals surface area contributed by atoms with E-state index in [-0.39, 0.29) is 45.1 Å². The van der Waals surface area contributed by atoms with E-state index in [9.17, 15) is 19.2 Å². The average molecular weight is 734 g/mol. The summed E-state index contributed by atoms with van der Waals surface area (Å²) >= 11 is 0. The number of hydrogen-bond donors (Lipinski definition) is 1. The van der Waals surface area contributed by atoms with Gasteiger partial charge in [0, 0.05) is 12.0 Å². The van der Waals surface area contributed by atoms with E-state index < -0.39 is 47.5 Å². The van der Waals surface area contributed by atoms with Crippen LogP contribution in [0.5, 0.6) is 0 Å². The predicted molar refractivity (Wildman–Crippen MR) is 199 cm³/mol. The smallest absolute Gasteiger partial charge is 0.309 e. The van der Waals surface area contributed by atoms with E-state index in [2.05, 4.69) is 5.32 Å². The standard InChI is InChI=1S/C42H55NO10/c1-31(49-27-34-16-9-6-10-17-34)24-37(44)48-23-15-22-43-41(47)40(53-39(46)26-33(3)51-29-36-20-13-8-14-21-36)42(4,5)30-52-38(45)25-32(2)50-28-35-18-11-7-12-19-35/h6-14,16-21,31-33,40H,15,22-30H2,1-5H3,(H,43,47)/t31-,32-,33-,40+/m1/s1. The van der Waals surface area contributed by atoms with Crippen molar-refractivity contribution in [3.8, 4) is 0 Å². The number of ether oxygens (including phenoxy) is 6. The first-order valence-electron chi connectivity index (χ1n) is 18.2. The molecule has 3 aromatic carbocycles. The van der Waals surface area contributed by atoms with Crippen LogP contribution in [0.4, 0.5) is 0 Å². The van der Waals surface area contributed by atoms with Crippen LogP contribution < -0.4 is 5.32 Å². The molecule has 288 valence electrons. The van der Waals surface area contributed by atoms with Crippen LogP contribution in [0.15, 0.2) is 91.0 Å². The molecule has 0 saturated carbocycles. The quantitative estimate of drug-likeness (QED) is 0.0617. The van der Waals surface area contributed by atoms with E-state index in [4.69, 9.17) is 28.4 Å². The second kappa shape index (κ2) is 23.2. The fourth-order valence-corrected chi connectivity index (χ4v) is 5.09. The van der Waals surface area contributed by atoms with E-state index >= 15 is 0 Å². The summed E-state index contributed by atoms with van der Waals surface area (Å²) in [5.41, 5.74) is 1.86. The van der Waals surface area contributed by atoms with Crippen molar-refractivity contribution in [3.05, 3.63) is 108 Å². The minimum absolute atomic E-state index is 0.00643. The maximum absolute atomic E-state index is 13.5. The van der Waals surface area contributed by atoms with Crippen molar-refractivity contribution < 1.29 is 47.6 Å². The van der Waals surface area contributed by atoms with Crippen molar-refractivity contribution in [2.45, 2.75) is 105 Å². The molecule has 1 amide bonds. The van der Waals surface area contributed by atoms with E-state index in [0.717, 1.165) is 16.7 Å². The highest BCUT2D eigenvalue weighted by atomic mass is 16.6. The Morgan fingerprint density at radius 1 is 0.585 bits per heavy atom. The molecule has 3 rings (SSSR count). The molecular weight excluding hydrogens is 678 g/mol. The van der Waals surface area contributed by atoms with Gasteiger partial charge in [-0.2, -0.15) is 0 Å². The predicted octanol–water partition coefficient (Wildman–Crippen LogP) is 6.50. The zero-order valence-electron chi connectivity index (χ0n) is 31.6. The zero-order valence-corrected chi connectivity index (χ0v) is 31.6. The molecule has 0 aliphatic carbocycles. The monoisotopic (exact) mass is 733 g/mol. The third-order valence-corrected chi connectivity index (χ3v) is 8.18. The van der Waals surface area contributed by atoms with Crippen molar-refractivity contribution in [2.24, 2.45) is 5.41 Å². The van der Waals surface area contributed by atoms with Crippen molar-refractivity contribution in [2.75, 3.05) is 19.8 Å². The van der Waals surface area contributed by atoms with Crippen LogP contribution >= 0.6 is 0 Å². The number of benzene rings is 3. The number of carbonyl (C=O) groups excluding carboxylic acids is 4. The first-order chi connectivity index (χ1) is 25.4. The van der Waals surface area contributed by atoms with Gasteiger partial charge in [0.15, 0.2) is 6.10 Å². The lowest BCUT2D eigenvalue weighted by molar-refractivity contribution is -0.171. The molecule has 1 N–H and O–H groups in total. The molecule has 0 unspecified atom stereocenters. The number of rotatable bonds is 24. The highest BCUT2D eigenvalue weighted by Gasteiger charge is 2.40. The fraction of sp³-hybridized carbons (Fsp3) is 0.476. The van der Waals surface area contributed by atoms with Crippen molar-refractivity contribution in [1.29, 1.82) is 0 Å². The minimum atomic E-state index is -1.29. The molecule has 0 bridgehead atoms. The summed E-state index contributed by atoms with van der Waals surface area (Å²) in [6.07, 6.45) is -2.16. The summed E-state index contributed by atoms with van der Waals surface area (Å²) in [4.78, 5) is 51.7. The largest absolute Gasteiger partial charge is 0.466 e. The van der Waals surface area contributed by atoms with Gasteiger partial charge in [-0.15, -0.1) is 0 Å². The Balaban J connectivity index is 1.48. The van der Waals surface area contributed by atoms with Gasteiger partial charge in [0.25, 0.3) is 5.91 Å². The Morgan fingerprint density at radius 2 is 0.981 bits per heavy atom. The van der Waals surface area contributed by atoms with Crippen LogP contribution in [0.25, 0.3) is 0 Å². The molecule has 3 aromatic rings. The number of esters is 3. The maximum Gasteiger partial charge on any atom is 0.309 e. The number of carbonyl (C=O) groups is 4. The molecule has 0 aliphatic heterocycles. The molecule has 0 aromatic heterocycles. The first kappa shape index (κ1) is 42.8. The summed E-state index contributed by atoms with van der Waals surface area (Å²) in [5, 5.41) is 2.78. The molecule has 11 heteroatoms. The lowest BCUT2D eigenvalue weighted by atomic mass is 9.86. The summed E-state index contributed by atoms with van der Waals surface area (Å²) in [6.45, 7) is 9.83. The molecule has 4 atom stereocenters. The summed E-state index contributed by atoms with van der Waals surface area (Å²) in [5.74, 6) is -2.11. The highest BCUT2D eigenvalue weighted by Crippen LogP contribution is 2.26. The van der Waals surface area contributed by atoms with Crippen LogP contribution in [0, 0.1) is 5.41 Å². The van der Waals surface area contributed by atoms with Crippen molar-refractivity contribution >= 4 is 23.8 Å². The van der Waals surface area contributed by atoms with Crippen LogP contribution in [-0.4, -0.2) is 68.0 Å². The van der Waals surface area contributed by atoms with Crippen LogP contribution in [0.2, 0.25) is 0 Å². The lowest BCUT2D eigenvalue weighted by Crippen LogP contribution is -2.49. The van der Waals surface area contributed by atoms with Gasteiger partial charge in [0.1, 0.15) is 6.61 Å². The normalized spacial score (nSPS) is 13.6. The van der Waals surface area contributed by atoms with Crippen LogP contribution in [0.3, 0.4) is 0 Å². The van der Waals surface area contributed by atoms with Crippen LogP contribution in [-0.2, 0) is 67.4 Å². The molecule has 0 spiro atoms. The Labute approximate surface area is 313 Å². The SMILES string of the molecule is C[C@H](CC(=O)OCCCNC(=O)[C@H](OC(=O)C[C@@H](C)OCc1ccccc1)C(C)(C)COC(=O)C[C@@H](C)OCc1ccccc1)OCc1ccccc1. The Morgan fingerprint density at radius 3 is 1.42 bits per heavy atom. The zero-order chi connectivity index (χ0) is 38.5. The van der Waals surface area contributed by atoms with Gasteiger partial charge in [-0.25, -0.2) is 0 Å². The molecule has 0 aliphatic rings. The second-order valence-electron chi connectivity index (χ2n) is 13.8. The molecule has 11 nitrogen and oxygen atoms in total. The average Bonchev–Trinajstić information content (AvgIpc) is 3.14. The van der Waals surface area contributed by atoms with Gasteiger partial charge in [-0.3, -0.25) is 19.2 Å². The third kappa shape index (κ3) is 17.7. The molecule has 0 radical (unpaired) electrons. The molecule has 0 heterocycles. The molecular formula is C42H55NO10. The Kier molecular flexibility index (Phi) is 18.7. The summed E-state index contributed by atoms with van der Waals surface area (Å²) < 4.78 is 34.0. The lowest BCUT2D eigenvalue weighted by Gasteiger charge is -2.32. The molecule has 0 saturated heterocycles. The third-order valence-electron chi connectivity index (χ3n) is 8.18. The fourth-order valence-electron chi connectivity index (χ4n) is 5.09. The van der Waals surface area contributed by atoms with Gasteiger partial charge >= 0.3 is 17.9 Å². The number of hydrogen-bond acceptors (Lipinski definition) is 10. The maximum atomic E-state index is 13.5. The number of nitrogens with one attached hydrogen (secondary N) is 1. The molecule has 0 fully saturated rings. The van der Waals surface area contributed by atoms with E-state index in [1.54, 1.807) is 34.6 Å². The van der Waals surface area contributed by atoms with Crippen LogP contribution in [0.1, 0.15) is 77.0 Å². The van der Waals surface area contributed by atoms with Gasteiger partial charge in [-0.1, -0.05) is 105 Å². The Bertz CT molecular complexity index is 1520. The first-order valence-corrected chi connectivity index (χ1v) is 18.2. The van der Waals surface area contributed by atoms with E-state index in [0.29, 0.717) is 26.2 Å². The van der Waals surface area contributed by atoms with Gasteiger partial charge in [-0.05, 0) is 43.9 Å². The minimum Gasteiger partial charge on any atom is -0.466 e. The number of amides is 1. The van der Waals surface area contributed by atoms with Gasteiger partial charge in [0.05, 0.1) is 64.0 Å². The summed E-state index contributed by atoms with van der Waals surface area (Å²) in [7, 11) is 0. The highest BCUT2D eigenvalue weighted by molar-refractivity contribution is 5.84. The topological polar surface area (TPSA) is 136 Å². The molecule has 53 heavy (non-hydrogen) atoms. The summed E-state index contributed by atoms with van der Waals surface area (Å²) in [6, 6.07) is 28.9.